The van der Waals surface area contributed by atoms with E-state index in [1.165, 1.54) is 25.1 Å². The molecule has 1 unspecified atom stereocenters. The molecule has 23 heavy (non-hydrogen) atoms. The Kier molecular flexibility index (Phi) is 4.86. The Hall–Kier alpha value is -2.19. The van der Waals surface area contributed by atoms with E-state index in [1.807, 2.05) is 0 Å². The Morgan fingerprint density at radius 3 is 2.39 bits per heavy atom. The van der Waals surface area contributed by atoms with Crippen LogP contribution >= 0.6 is 0 Å². The molecular formula is C15H15F2NO4S. The van der Waals surface area contributed by atoms with Gasteiger partial charge in [0.2, 0.25) is 10.0 Å². The SMILES string of the molecule is CC(O)c1ccc(NS(C)(=O)=O)c(Oc2ccc(F)cc2F)c1. The van der Waals surface area contributed by atoms with E-state index in [1.54, 1.807) is 0 Å². The van der Waals surface area contributed by atoms with Gasteiger partial charge in [-0.25, -0.2) is 17.2 Å². The number of ether oxygens (including phenoxy) is 1. The number of aliphatic hydroxyl groups excluding tert-OH is 1. The lowest BCUT2D eigenvalue weighted by Crippen LogP contribution is -2.10. The highest BCUT2D eigenvalue weighted by molar-refractivity contribution is 7.92. The smallest absolute Gasteiger partial charge is 0.229 e. The van der Waals surface area contributed by atoms with E-state index >= 15 is 0 Å². The van der Waals surface area contributed by atoms with Crippen LogP contribution in [0.2, 0.25) is 0 Å². The Labute approximate surface area is 132 Å². The topological polar surface area (TPSA) is 75.6 Å². The van der Waals surface area contributed by atoms with Crippen molar-refractivity contribution in [2.45, 2.75) is 13.0 Å². The zero-order valence-corrected chi connectivity index (χ0v) is 13.2. The minimum absolute atomic E-state index is 0.0145. The number of hydrogen-bond acceptors (Lipinski definition) is 4. The van der Waals surface area contributed by atoms with Gasteiger partial charge in [-0.2, -0.15) is 0 Å². The fourth-order valence-corrected chi connectivity index (χ4v) is 2.41. The van der Waals surface area contributed by atoms with E-state index in [9.17, 15) is 22.3 Å². The molecule has 0 heterocycles. The number of hydrogen-bond donors (Lipinski definition) is 2. The average molecular weight is 343 g/mol. The molecule has 0 bridgehead atoms. The second-order valence-electron chi connectivity index (χ2n) is 4.98. The van der Waals surface area contributed by atoms with Crippen LogP contribution in [0.3, 0.4) is 0 Å². The zero-order valence-electron chi connectivity index (χ0n) is 12.4. The summed E-state index contributed by atoms with van der Waals surface area (Å²) < 4.78 is 57.0. The van der Waals surface area contributed by atoms with E-state index in [2.05, 4.69) is 4.72 Å². The molecule has 1 atom stereocenters. The van der Waals surface area contributed by atoms with Gasteiger partial charge in [-0.05, 0) is 36.8 Å². The third-order valence-corrected chi connectivity index (χ3v) is 3.49. The van der Waals surface area contributed by atoms with E-state index < -0.39 is 27.8 Å². The lowest BCUT2D eigenvalue weighted by molar-refractivity contribution is 0.199. The molecule has 0 saturated heterocycles. The molecule has 0 aliphatic carbocycles. The molecule has 0 amide bonds. The summed E-state index contributed by atoms with van der Waals surface area (Å²) in [4.78, 5) is 0. The van der Waals surface area contributed by atoms with E-state index in [0.717, 1.165) is 18.4 Å². The van der Waals surface area contributed by atoms with Crippen molar-refractivity contribution in [2.75, 3.05) is 11.0 Å². The largest absolute Gasteiger partial charge is 0.452 e. The van der Waals surface area contributed by atoms with Crippen molar-refractivity contribution >= 4 is 15.7 Å². The predicted octanol–water partition coefficient (Wildman–Crippen LogP) is 3.18. The van der Waals surface area contributed by atoms with E-state index in [4.69, 9.17) is 4.74 Å². The van der Waals surface area contributed by atoms with Gasteiger partial charge in [0.15, 0.2) is 17.3 Å². The van der Waals surface area contributed by atoms with Crippen LogP contribution in [0.25, 0.3) is 0 Å². The summed E-state index contributed by atoms with van der Waals surface area (Å²) in [7, 11) is -3.59. The number of benzene rings is 2. The predicted molar refractivity (Wildman–Crippen MR) is 82.0 cm³/mol. The number of sulfonamides is 1. The maximum atomic E-state index is 13.7. The minimum Gasteiger partial charge on any atom is -0.452 e. The lowest BCUT2D eigenvalue weighted by Gasteiger charge is -2.15. The van der Waals surface area contributed by atoms with Crippen molar-refractivity contribution in [3.63, 3.8) is 0 Å². The maximum Gasteiger partial charge on any atom is 0.229 e. The van der Waals surface area contributed by atoms with E-state index in [0.29, 0.717) is 11.6 Å². The Morgan fingerprint density at radius 2 is 1.83 bits per heavy atom. The highest BCUT2D eigenvalue weighted by atomic mass is 32.2. The van der Waals surface area contributed by atoms with E-state index in [-0.39, 0.29) is 17.2 Å². The van der Waals surface area contributed by atoms with Crippen LogP contribution in [0, 0.1) is 11.6 Å². The van der Waals surface area contributed by atoms with Gasteiger partial charge in [-0.1, -0.05) is 6.07 Å². The maximum absolute atomic E-state index is 13.7. The highest BCUT2D eigenvalue weighted by Gasteiger charge is 2.14. The van der Waals surface area contributed by atoms with Gasteiger partial charge in [0.25, 0.3) is 0 Å². The molecule has 0 aliphatic heterocycles. The normalized spacial score (nSPS) is 12.7. The van der Waals surface area contributed by atoms with Crippen LogP contribution in [0.15, 0.2) is 36.4 Å². The van der Waals surface area contributed by atoms with Crippen molar-refractivity contribution in [3.8, 4) is 11.5 Å². The third kappa shape index (κ3) is 4.64. The summed E-state index contributed by atoms with van der Waals surface area (Å²) in [6, 6.07) is 7.02. The molecule has 2 aromatic carbocycles. The third-order valence-electron chi connectivity index (χ3n) is 2.90. The monoisotopic (exact) mass is 343 g/mol. The second kappa shape index (κ2) is 6.51. The number of nitrogens with one attached hydrogen (secondary N) is 1. The van der Waals surface area contributed by atoms with Crippen molar-refractivity contribution < 1.29 is 27.0 Å². The Bertz CT molecular complexity index is 822. The van der Waals surface area contributed by atoms with Gasteiger partial charge in [0.05, 0.1) is 18.0 Å². The number of halogens is 2. The van der Waals surface area contributed by atoms with Crippen LogP contribution in [0.1, 0.15) is 18.6 Å². The van der Waals surface area contributed by atoms with Crippen molar-refractivity contribution in [1.82, 2.24) is 0 Å². The first-order valence-electron chi connectivity index (χ1n) is 6.58. The van der Waals surface area contributed by atoms with Gasteiger partial charge in [0.1, 0.15) is 5.82 Å². The summed E-state index contributed by atoms with van der Waals surface area (Å²) >= 11 is 0. The Balaban J connectivity index is 2.46. The molecular weight excluding hydrogens is 328 g/mol. The van der Waals surface area contributed by atoms with Gasteiger partial charge in [-0.3, -0.25) is 4.72 Å². The molecule has 0 aromatic heterocycles. The quantitative estimate of drug-likeness (QED) is 0.874. The number of anilines is 1. The first-order valence-corrected chi connectivity index (χ1v) is 8.47. The average Bonchev–Trinajstić information content (AvgIpc) is 2.41. The zero-order chi connectivity index (χ0) is 17.2. The van der Waals surface area contributed by atoms with Crippen molar-refractivity contribution in [3.05, 3.63) is 53.6 Å². The Morgan fingerprint density at radius 1 is 1.13 bits per heavy atom. The molecule has 2 aromatic rings. The molecule has 0 saturated carbocycles. The molecule has 5 nitrogen and oxygen atoms in total. The molecule has 0 spiro atoms. The standard InChI is InChI=1S/C15H15F2NO4S/c1-9(19)10-3-5-13(18-23(2,20)21)15(7-10)22-14-6-4-11(16)8-12(14)17/h3-9,18-19H,1-2H3. The first kappa shape index (κ1) is 17.2. The molecule has 2 N–H and O–H groups in total. The van der Waals surface area contributed by atoms with Crippen LogP contribution in [0.5, 0.6) is 11.5 Å². The molecule has 0 aliphatic rings. The summed E-state index contributed by atoms with van der Waals surface area (Å²) in [6.45, 7) is 1.52. The molecule has 124 valence electrons. The minimum atomic E-state index is -3.59. The fraction of sp³-hybridized carbons (Fsp3) is 0.200. The van der Waals surface area contributed by atoms with Crippen molar-refractivity contribution in [1.29, 1.82) is 0 Å². The summed E-state index contributed by atoms with van der Waals surface area (Å²) in [6.07, 6.45) is 0.125. The lowest BCUT2D eigenvalue weighted by atomic mass is 10.1. The van der Waals surface area contributed by atoms with Crippen LogP contribution in [0.4, 0.5) is 14.5 Å². The van der Waals surface area contributed by atoms with Gasteiger partial charge in [-0.15, -0.1) is 0 Å². The highest BCUT2D eigenvalue weighted by Crippen LogP contribution is 2.34. The van der Waals surface area contributed by atoms with Gasteiger partial charge in [0, 0.05) is 6.07 Å². The van der Waals surface area contributed by atoms with Gasteiger partial charge < -0.3 is 9.84 Å². The van der Waals surface area contributed by atoms with Crippen LogP contribution in [-0.2, 0) is 10.0 Å². The summed E-state index contributed by atoms with van der Waals surface area (Å²) in [5.41, 5.74) is 0.516. The second-order valence-corrected chi connectivity index (χ2v) is 6.73. The van der Waals surface area contributed by atoms with Crippen molar-refractivity contribution in [2.24, 2.45) is 0 Å². The fourth-order valence-electron chi connectivity index (χ4n) is 1.84. The van der Waals surface area contributed by atoms with Gasteiger partial charge >= 0.3 is 0 Å². The summed E-state index contributed by atoms with van der Waals surface area (Å²) in [5.74, 6) is -1.98. The number of rotatable bonds is 5. The summed E-state index contributed by atoms with van der Waals surface area (Å²) in [5, 5.41) is 9.61. The molecule has 0 radical (unpaired) electrons. The molecule has 8 heteroatoms. The van der Waals surface area contributed by atoms with Crippen LogP contribution in [-0.4, -0.2) is 19.8 Å². The first-order chi connectivity index (χ1) is 10.7. The van der Waals surface area contributed by atoms with Crippen LogP contribution < -0.4 is 9.46 Å². The molecule has 0 fully saturated rings. The number of aliphatic hydroxyl groups is 1. The molecule has 2 rings (SSSR count).